The van der Waals surface area contributed by atoms with Crippen LogP contribution in [0.25, 0.3) is 0 Å². The van der Waals surface area contributed by atoms with Crippen molar-refractivity contribution < 1.29 is 0 Å². The third-order valence-corrected chi connectivity index (χ3v) is 4.19. The summed E-state index contributed by atoms with van der Waals surface area (Å²) in [5, 5.41) is 6.73. The lowest BCUT2D eigenvalue weighted by molar-refractivity contribution is 0.592. The summed E-state index contributed by atoms with van der Waals surface area (Å²) in [5.74, 6) is 1.40. The molecule has 4 nitrogen and oxygen atoms in total. The van der Waals surface area contributed by atoms with Crippen LogP contribution in [-0.4, -0.2) is 9.97 Å². The molecule has 26 heavy (non-hydrogen) atoms. The average molecular weight is 346 g/mol. The third kappa shape index (κ3) is 4.60. The zero-order valence-corrected chi connectivity index (χ0v) is 15.9. The van der Waals surface area contributed by atoms with Crippen molar-refractivity contribution in [1.82, 2.24) is 9.97 Å². The zero-order valence-electron chi connectivity index (χ0n) is 15.9. The highest BCUT2D eigenvalue weighted by Gasteiger charge is 2.17. The SMILES string of the molecule is Cc1cccc(CNc2nccc(Nc3ccccc3C(C)(C)C)n2)c1. The van der Waals surface area contributed by atoms with E-state index in [1.54, 1.807) is 6.20 Å². The van der Waals surface area contributed by atoms with Crippen LogP contribution in [0.4, 0.5) is 17.5 Å². The molecule has 1 aromatic heterocycles. The largest absolute Gasteiger partial charge is 0.350 e. The number of hydrogen-bond donors (Lipinski definition) is 2. The highest BCUT2D eigenvalue weighted by Crippen LogP contribution is 2.30. The molecule has 0 amide bonds. The van der Waals surface area contributed by atoms with Gasteiger partial charge in [-0.05, 0) is 35.6 Å². The minimum Gasteiger partial charge on any atom is -0.350 e. The van der Waals surface area contributed by atoms with Crippen LogP contribution in [0.3, 0.4) is 0 Å². The van der Waals surface area contributed by atoms with Gasteiger partial charge in [-0.15, -0.1) is 0 Å². The minimum absolute atomic E-state index is 0.0584. The lowest BCUT2D eigenvalue weighted by Gasteiger charge is -2.23. The molecule has 0 spiro atoms. The first-order chi connectivity index (χ1) is 12.4. The lowest BCUT2D eigenvalue weighted by Crippen LogP contribution is -2.14. The van der Waals surface area contributed by atoms with Crippen LogP contribution in [-0.2, 0) is 12.0 Å². The van der Waals surface area contributed by atoms with E-state index in [1.807, 2.05) is 12.1 Å². The molecule has 4 heteroatoms. The predicted octanol–water partition coefficient (Wildman–Crippen LogP) is 5.44. The molecule has 0 saturated heterocycles. The van der Waals surface area contributed by atoms with E-state index in [0.717, 1.165) is 11.5 Å². The Bertz CT molecular complexity index is 881. The maximum atomic E-state index is 4.60. The van der Waals surface area contributed by atoms with Crippen LogP contribution >= 0.6 is 0 Å². The maximum absolute atomic E-state index is 4.60. The van der Waals surface area contributed by atoms with Gasteiger partial charge in [0, 0.05) is 18.4 Å². The van der Waals surface area contributed by atoms with Gasteiger partial charge < -0.3 is 10.6 Å². The van der Waals surface area contributed by atoms with E-state index in [0.29, 0.717) is 12.5 Å². The number of aryl methyl sites for hydroxylation is 1. The number of anilines is 3. The summed E-state index contributed by atoms with van der Waals surface area (Å²) < 4.78 is 0. The summed E-state index contributed by atoms with van der Waals surface area (Å²) in [5.41, 5.74) is 4.85. The van der Waals surface area contributed by atoms with Crippen molar-refractivity contribution in [2.75, 3.05) is 10.6 Å². The van der Waals surface area contributed by atoms with Gasteiger partial charge >= 0.3 is 0 Å². The van der Waals surface area contributed by atoms with E-state index in [-0.39, 0.29) is 5.41 Å². The van der Waals surface area contributed by atoms with Gasteiger partial charge in [0.1, 0.15) is 5.82 Å². The van der Waals surface area contributed by atoms with E-state index in [4.69, 9.17) is 0 Å². The molecule has 0 radical (unpaired) electrons. The molecule has 0 aliphatic rings. The fourth-order valence-electron chi connectivity index (χ4n) is 2.90. The highest BCUT2D eigenvalue weighted by molar-refractivity contribution is 5.62. The third-order valence-electron chi connectivity index (χ3n) is 4.19. The Labute approximate surface area is 155 Å². The summed E-state index contributed by atoms with van der Waals surface area (Å²) in [4.78, 5) is 8.92. The number of para-hydroxylation sites is 1. The van der Waals surface area contributed by atoms with E-state index in [2.05, 4.69) is 90.8 Å². The van der Waals surface area contributed by atoms with E-state index in [1.165, 1.54) is 16.7 Å². The van der Waals surface area contributed by atoms with E-state index in [9.17, 15) is 0 Å². The Morgan fingerprint density at radius 3 is 2.54 bits per heavy atom. The van der Waals surface area contributed by atoms with Crippen molar-refractivity contribution in [2.45, 2.75) is 39.7 Å². The first-order valence-electron chi connectivity index (χ1n) is 8.91. The molecule has 0 atom stereocenters. The van der Waals surface area contributed by atoms with Crippen molar-refractivity contribution in [1.29, 1.82) is 0 Å². The number of nitrogens with zero attached hydrogens (tertiary/aromatic N) is 2. The van der Waals surface area contributed by atoms with Crippen molar-refractivity contribution in [3.05, 3.63) is 77.5 Å². The summed E-state index contributed by atoms with van der Waals surface area (Å²) >= 11 is 0. The first kappa shape index (κ1) is 17.9. The number of aromatic nitrogens is 2. The van der Waals surface area contributed by atoms with Crippen LogP contribution in [0.2, 0.25) is 0 Å². The average Bonchev–Trinajstić information content (AvgIpc) is 2.60. The topological polar surface area (TPSA) is 49.8 Å². The number of hydrogen-bond acceptors (Lipinski definition) is 4. The van der Waals surface area contributed by atoms with Gasteiger partial charge in [-0.2, -0.15) is 4.98 Å². The molecular weight excluding hydrogens is 320 g/mol. The number of nitrogens with one attached hydrogen (secondary N) is 2. The molecule has 0 fully saturated rings. The standard InChI is InChI=1S/C22H26N4/c1-16-8-7-9-17(14-16)15-24-21-23-13-12-20(26-21)25-19-11-6-5-10-18(19)22(2,3)4/h5-14H,15H2,1-4H3,(H2,23,24,25,26). The monoisotopic (exact) mass is 346 g/mol. The normalized spacial score (nSPS) is 11.2. The summed E-state index contributed by atoms with van der Waals surface area (Å²) in [6, 6.07) is 18.7. The first-order valence-corrected chi connectivity index (χ1v) is 8.91. The van der Waals surface area contributed by atoms with E-state index >= 15 is 0 Å². The second-order valence-electron chi connectivity index (χ2n) is 7.53. The Morgan fingerprint density at radius 2 is 1.77 bits per heavy atom. The molecule has 0 unspecified atom stereocenters. The van der Waals surface area contributed by atoms with Gasteiger partial charge in [-0.1, -0.05) is 68.8 Å². The van der Waals surface area contributed by atoms with Crippen LogP contribution < -0.4 is 10.6 Å². The fourth-order valence-corrected chi connectivity index (χ4v) is 2.90. The Hall–Kier alpha value is -2.88. The van der Waals surface area contributed by atoms with Gasteiger partial charge in [0.05, 0.1) is 0 Å². The minimum atomic E-state index is 0.0584. The van der Waals surface area contributed by atoms with Gasteiger partial charge in [0.2, 0.25) is 5.95 Å². The van der Waals surface area contributed by atoms with E-state index < -0.39 is 0 Å². The Morgan fingerprint density at radius 1 is 0.962 bits per heavy atom. The predicted molar refractivity (Wildman–Crippen MR) is 109 cm³/mol. The lowest BCUT2D eigenvalue weighted by atomic mass is 9.86. The van der Waals surface area contributed by atoms with Gasteiger partial charge in [0.25, 0.3) is 0 Å². The summed E-state index contributed by atoms with van der Waals surface area (Å²) in [6.45, 7) is 9.42. The quantitative estimate of drug-likeness (QED) is 0.646. The smallest absolute Gasteiger partial charge is 0.224 e. The molecule has 0 aliphatic heterocycles. The van der Waals surface area contributed by atoms with Crippen LogP contribution in [0.5, 0.6) is 0 Å². The molecular formula is C22H26N4. The zero-order chi connectivity index (χ0) is 18.6. The van der Waals surface area contributed by atoms with Crippen molar-refractivity contribution in [2.24, 2.45) is 0 Å². The van der Waals surface area contributed by atoms with Crippen LogP contribution in [0.1, 0.15) is 37.5 Å². The number of rotatable bonds is 5. The molecule has 2 N–H and O–H groups in total. The molecule has 0 saturated carbocycles. The maximum Gasteiger partial charge on any atom is 0.224 e. The molecule has 3 aromatic rings. The highest BCUT2D eigenvalue weighted by atomic mass is 15.1. The van der Waals surface area contributed by atoms with Crippen molar-refractivity contribution in [3.8, 4) is 0 Å². The van der Waals surface area contributed by atoms with Crippen molar-refractivity contribution >= 4 is 17.5 Å². The molecule has 2 aromatic carbocycles. The Balaban J connectivity index is 1.74. The van der Waals surface area contributed by atoms with Crippen LogP contribution in [0, 0.1) is 6.92 Å². The Kier molecular flexibility index (Phi) is 5.21. The molecule has 3 rings (SSSR count). The van der Waals surface area contributed by atoms with Gasteiger partial charge in [-0.25, -0.2) is 4.98 Å². The molecule has 1 heterocycles. The second kappa shape index (κ2) is 7.56. The van der Waals surface area contributed by atoms with Crippen molar-refractivity contribution in [3.63, 3.8) is 0 Å². The molecule has 134 valence electrons. The van der Waals surface area contributed by atoms with Crippen LogP contribution in [0.15, 0.2) is 60.8 Å². The molecule has 0 bridgehead atoms. The number of benzene rings is 2. The summed E-state index contributed by atoms with van der Waals surface area (Å²) in [7, 11) is 0. The molecule has 0 aliphatic carbocycles. The van der Waals surface area contributed by atoms with Gasteiger partial charge in [-0.3, -0.25) is 0 Å². The summed E-state index contributed by atoms with van der Waals surface area (Å²) in [6.07, 6.45) is 1.77. The fraction of sp³-hybridized carbons (Fsp3) is 0.273. The van der Waals surface area contributed by atoms with Gasteiger partial charge in [0.15, 0.2) is 0 Å². The second-order valence-corrected chi connectivity index (χ2v) is 7.53.